The summed E-state index contributed by atoms with van der Waals surface area (Å²) in [5, 5.41) is 5.84. The van der Waals surface area contributed by atoms with Gasteiger partial charge in [0.2, 0.25) is 5.83 Å². The number of rotatable bonds is 9. The standard InChI is InChI=1S/C25H25ClF3N5O2/c26-19-14-17(4-6-20(19)27)32-24-18-13-16(5-7-22(18)30-15-31-24)33-25(35)23(29)21(28)3-1-2-8-34-9-11-36-12-10-34/h4-7,13-15H,1-3,8-12H2,(H,33,35)(H,30,31,32). The molecule has 0 bridgehead atoms. The first-order valence-electron chi connectivity index (χ1n) is 11.5. The zero-order valence-corrected chi connectivity index (χ0v) is 20.1. The molecule has 0 atom stereocenters. The van der Waals surface area contributed by atoms with Gasteiger partial charge in [-0.1, -0.05) is 11.6 Å². The minimum absolute atomic E-state index is 0.0586. The molecule has 7 nitrogen and oxygen atoms in total. The molecule has 2 heterocycles. The summed E-state index contributed by atoms with van der Waals surface area (Å²) in [6.45, 7) is 3.82. The molecule has 4 rings (SSSR count). The van der Waals surface area contributed by atoms with Gasteiger partial charge >= 0.3 is 0 Å². The number of anilines is 3. The summed E-state index contributed by atoms with van der Waals surface area (Å²) in [6, 6.07) is 8.78. The fourth-order valence-electron chi connectivity index (χ4n) is 3.80. The molecule has 190 valence electrons. The summed E-state index contributed by atoms with van der Waals surface area (Å²) in [5.74, 6) is -3.88. The molecule has 2 N–H and O–H groups in total. The van der Waals surface area contributed by atoms with Gasteiger partial charge in [-0.3, -0.25) is 9.69 Å². The number of carbonyl (C=O) groups excluding carboxylic acids is 1. The predicted octanol–water partition coefficient (Wildman–Crippen LogP) is 5.76. The van der Waals surface area contributed by atoms with Gasteiger partial charge in [0, 0.05) is 36.3 Å². The van der Waals surface area contributed by atoms with E-state index in [4.69, 9.17) is 16.3 Å². The number of hydrogen-bond donors (Lipinski definition) is 2. The molecule has 1 amide bonds. The monoisotopic (exact) mass is 519 g/mol. The lowest BCUT2D eigenvalue weighted by molar-refractivity contribution is -0.114. The lowest BCUT2D eigenvalue weighted by atomic mass is 10.2. The quantitative estimate of drug-likeness (QED) is 0.276. The summed E-state index contributed by atoms with van der Waals surface area (Å²) in [4.78, 5) is 22.9. The second-order valence-electron chi connectivity index (χ2n) is 8.29. The van der Waals surface area contributed by atoms with Gasteiger partial charge in [-0.2, -0.15) is 4.39 Å². The van der Waals surface area contributed by atoms with Gasteiger partial charge in [0.1, 0.15) is 23.8 Å². The molecule has 0 spiro atoms. The highest BCUT2D eigenvalue weighted by Crippen LogP contribution is 2.28. The average molecular weight is 520 g/mol. The third kappa shape index (κ3) is 6.71. The average Bonchev–Trinajstić information content (AvgIpc) is 2.89. The number of aromatic nitrogens is 2. The van der Waals surface area contributed by atoms with Crippen LogP contribution in [0.4, 0.5) is 30.4 Å². The van der Waals surface area contributed by atoms with Gasteiger partial charge in [0.25, 0.3) is 5.91 Å². The molecular formula is C25H25ClF3N5O2. The second-order valence-corrected chi connectivity index (χ2v) is 8.70. The molecule has 1 aliphatic rings. The predicted molar refractivity (Wildman–Crippen MR) is 133 cm³/mol. The van der Waals surface area contributed by atoms with Gasteiger partial charge < -0.3 is 15.4 Å². The Labute approximate surface area is 211 Å². The van der Waals surface area contributed by atoms with E-state index in [1.54, 1.807) is 6.07 Å². The summed E-state index contributed by atoms with van der Waals surface area (Å²) < 4.78 is 47.4. The first-order valence-corrected chi connectivity index (χ1v) is 11.9. The normalized spacial score (nSPS) is 15.0. The van der Waals surface area contributed by atoms with Crippen LogP contribution in [-0.4, -0.2) is 53.6 Å². The van der Waals surface area contributed by atoms with Crippen LogP contribution in [0.25, 0.3) is 10.9 Å². The summed E-state index contributed by atoms with van der Waals surface area (Å²) in [7, 11) is 0. The topological polar surface area (TPSA) is 79.4 Å². The maximum absolute atomic E-state index is 14.4. The fraction of sp³-hybridized carbons (Fsp3) is 0.320. The summed E-state index contributed by atoms with van der Waals surface area (Å²) in [5.41, 5.74) is 1.26. The molecule has 0 saturated carbocycles. The zero-order chi connectivity index (χ0) is 25.5. The maximum Gasteiger partial charge on any atom is 0.287 e. The van der Waals surface area contributed by atoms with E-state index in [-0.39, 0.29) is 17.1 Å². The van der Waals surface area contributed by atoms with E-state index in [9.17, 15) is 18.0 Å². The van der Waals surface area contributed by atoms with Gasteiger partial charge in [-0.05, 0) is 55.8 Å². The number of benzene rings is 2. The number of nitrogens with zero attached hydrogens (tertiary/aromatic N) is 3. The molecule has 1 aliphatic heterocycles. The van der Waals surface area contributed by atoms with Crippen molar-refractivity contribution in [1.29, 1.82) is 0 Å². The van der Waals surface area contributed by atoms with Crippen LogP contribution in [-0.2, 0) is 9.53 Å². The minimum Gasteiger partial charge on any atom is -0.379 e. The molecular weight excluding hydrogens is 495 g/mol. The van der Waals surface area contributed by atoms with Crippen LogP contribution in [0, 0.1) is 5.82 Å². The van der Waals surface area contributed by atoms with E-state index >= 15 is 0 Å². The van der Waals surface area contributed by atoms with Crippen molar-refractivity contribution in [1.82, 2.24) is 14.9 Å². The first-order chi connectivity index (χ1) is 17.4. The van der Waals surface area contributed by atoms with Crippen LogP contribution < -0.4 is 10.6 Å². The van der Waals surface area contributed by atoms with Crippen molar-refractivity contribution in [3.8, 4) is 0 Å². The Morgan fingerprint density at radius 2 is 1.83 bits per heavy atom. The van der Waals surface area contributed by atoms with Crippen molar-refractivity contribution >= 4 is 45.6 Å². The van der Waals surface area contributed by atoms with Crippen molar-refractivity contribution in [3.63, 3.8) is 0 Å². The molecule has 11 heteroatoms. The van der Waals surface area contributed by atoms with Gasteiger partial charge in [0.15, 0.2) is 0 Å². The van der Waals surface area contributed by atoms with Crippen molar-refractivity contribution < 1.29 is 22.7 Å². The van der Waals surface area contributed by atoms with E-state index in [0.717, 1.165) is 19.6 Å². The summed E-state index contributed by atoms with van der Waals surface area (Å²) >= 11 is 5.84. The number of carbonyl (C=O) groups is 1. The van der Waals surface area contributed by atoms with Crippen molar-refractivity contribution in [2.24, 2.45) is 0 Å². The fourth-order valence-corrected chi connectivity index (χ4v) is 3.98. The number of nitrogens with one attached hydrogen (secondary N) is 2. The third-order valence-corrected chi connectivity index (χ3v) is 6.03. The third-order valence-electron chi connectivity index (χ3n) is 5.74. The van der Waals surface area contributed by atoms with Gasteiger partial charge in [0.05, 0.1) is 23.8 Å². The summed E-state index contributed by atoms with van der Waals surface area (Å²) in [6.07, 6.45) is 2.32. The SMILES string of the molecule is O=C(Nc1ccc2ncnc(Nc3ccc(F)c(Cl)c3)c2c1)C(F)=C(F)CCCCN1CCOCC1. The van der Waals surface area contributed by atoms with Crippen LogP contribution in [0.3, 0.4) is 0 Å². The Balaban J connectivity index is 1.40. The van der Waals surface area contributed by atoms with Crippen molar-refractivity contribution in [3.05, 3.63) is 65.2 Å². The number of unbranched alkanes of at least 4 members (excludes halogenated alkanes) is 1. The van der Waals surface area contributed by atoms with E-state index in [1.165, 1.54) is 36.7 Å². The Bertz CT molecular complexity index is 1270. The minimum atomic E-state index is -1.44. The Morgan fingerprint density at radius 3 is 2.61 bits per heavy atom. The highest BCUT2D eigenvalue weighted by molar-refractivity contribution is 6.31. The van der Waals surface area contributed by atoms with Crippen LogP contribution >= 0.6 is 11.6 Å². The molecule has 36 heavy (non-hydrogen) atoms. The molecule has 1 saturated heterocycles. The number of allylic oxidation sites excluding steroid dienone is 1. The van der Waals surface area contributed by atoms with Crippen LogP contribution in [0.5, 0.6) is 0 Å². The lowest BCUT2D eigenvalue weighted by Gasteiger charge is -2.26. The highest BCUT2D eigenvalue weighted by atomic mass is 35.5. The Kier molecular flexibility index (Phi) is 8.74. The second kappa shape index (κ2) is 12.2. The highest BCUT2D eigenvalue weighted by Gasteiger charge is 2.17. The van der Waals surface area contributed by atoms with E-state index in [1.807, 2.05) is 0 Å². The molecule has 1 aromatic heterocycles. The van der Waals surface area contributed by atoms with E-state index in [0.29, 0.717) is 48.5 Å². The Morgan fingerprint density at radius 1 is 1.06 bits per heavy atom. The van der Waals surface area contributed by atoms with Crippen LogP contribution in [0.15, 0.2) is 54.4 Å². The van der Waals surface area contributed by atoms with Crippen molar-refractivity contribution in [2.75, 3.05) is 43.5 Å². The number of hydrogen-bond acceptors (Lipinski definition) is 6. The van der Waals surface area contributed by atoms with Gasteiger partial charge in [-0.25, -0.2) is 18.7 Å². The lowest BCUT2D eigenvalue weighted by Crippen LogP contribution is -2.36. The molecule has 1 fully saturated rings. The molecule has 3 aromatic rings. The van der Waals surface area contributed by atoms with Crippen molar-refractivity contribution in [2.45, 2.75) is 19.3 Å². The maximum atomic E-state index is 14.4. The zero-order valence-electron chi connectivity index (χ0n) is 19.4. The van der Waals surface area contributed by atoms with E-state index < -0.39 is 23.4 Å². The van der Waals surface area contributed by atoms with Crippen LogP contribution in [0.2, 0.25) is 5.02 Å². The molecule has 0 aliphatic carbocycles. The molecule has 0 radical (unpaired) electrons. The smallest absolute Gasteiger partial charge is 0.287 e. The molecule has 2 aromatic carbocycles. The number of fused-ring (bicyclic) bond motifs is 1. The molecule has 0 unspecified atom stereocenters. The number of halogens is 4. The largest absolute Gasteiger partial charge is 0.379 e. The Hall–Kier alpha value is -3.21. The number of amides is 1. The number of morpholine rings is 1. The van der Waals surface area contributed by atoms with Gasteiger partial charge in [-0.15, -0.1) is 0 Å². The van der Waals surface area contributed by atoms with E-state index in [2.05, 4.69) is 25.5 Å². The van der Waals surface area contributed by atoms with Crippen LogP contribution in [0.1, 0.15) is 19.3 Å². The number of ether oxygens (including phenoxy) is 1. The first kappa shape index (κ1) is 25.9.